The van der Waals surface area contributed by atoms with E-state index in [-0.39, 0.29) is 17.7 Å². The van der Waals surface area contributed by atoms with E-state index in [1.54, 1.807) is 0 Å². The second-order valence-electron chi connectivity index (χ2n) is 16.0. The first kappa shape index (κ1) is 55.4. The normalized spacial score (nSPS) is 41.3. The average molecular weight is 950 g/mol. The van der Waals surface area contributed by atoms with Crippen molar-refractivity contribution in [1.29, 1.82) is 0 Å². The van der Waals surface area contributed by atoms with E-state index in [2.05, 4.69) is 15.3 Å². The molecule has 4 aliphatic rings. The maximum absolute atomic E-state index is 10.9. The Hall–Kier alpha value is -2.22. The summed E-state index contributed by atoms with van der Waals surface area (Å²) < 4.78 is 27.4. The summed E-state index contributed by atoms with van der Waals surface area (Å²) in [5.74, 6) is 0. The quantitative estimate of drug-likeness (QED) is 0.0645. The Morgan fingerprint density at radius 3 is 1.71 bits per heavy atom. The number of nitrogens with zero attached hydrogens (tertiary/aromatic N) is 2. The number of aliphatic hydroxyl groups excluding tert-OH is 20. The first-order valence-corrected chi connectivity index (χ1v) is 20.5. The van der Waals surface area contributed by atoms with Crippen molar-refractivity contribution in [2.24, 2.45) is 0 Å². The molecule has 65 heavy (non-hydrogen) atoms. The molecule has 5 rings (SSSR count). The highest BCUT2D eigenvalue weighted by atomic mass is 16.7. The molecule has 0 spiro atoms. The zero-order chi connectivity index (χ0) is 48.6. The lowest BCUT2D eigenvalue weighted by atomic mass is 9.86. The number of hydrogen-bond acceptors (Lipinski definition) is 28. The summed E-state index contributed by atoms with van der Waals surface area (Å²) in [5, 5.41) is 200. The van der Waals surface area contributed by atoms with Crippen molar-refractivity contribution >= 4 is 0 Å². The van der Waals surface area contributed by atoms with Crippen molar-refractivity contribution in [3.8, 4) is 0 Å². The SMILES string of the molecule is C[C@H]1O[C@H](O[C@H]2[C@H](O)[C@@H](O)[C@@H](O[C@H]3[C@H](O)[C@@H](O)C(O)O[C@@H]3CO)O[C@@H]2CO)[C@H](O)[C@@H](O)[C@@H]1N[C@H]1C=C(CO)[C@@H](O)[C@H](O)[C@H]1O.OC[C@@H](O)[C@@H](O)[C@H](O)c1cnc(C[C@H](O)[C@H](O)CO)cn1. The van der Waals surface area contributed by atoms with Crippen molar-refractivity contribution in [2.75, 3.05) is 33.0 Å². The Balaban J connectivity index is 0.000000369. The molecule has 0 aromatic carbocycles. The van der Waals surface area contributed by atoms with Crippen LogP contribution in [0.15, 0.2) is 24.0 Å². The predicted molar refractivity (Wildman–Crippen MR) is 207 cm³/mol. The van der Waals surface area contributed by atoms with E-state index in [9.17, 15) is 91.9 Å². The third kappa shape index (κ3) is 13.1. The molecule has 3 saturated heterocycles. The minimum Gasteiger partial charge on any atom is -0.394 e. The van der Waals surface area contributed by atoms with Crippen LogP contribution in [0.5, 0.6) is 0 Å². The van der Waals surface area contributed by atoms with Crippen molar-refractivity contribution in [3.63, 3.8) is 0 Å². The minimum atomic E-state index is -1.93. The van der Waals surface area contributed by atoms with Crippen LogP contribution in [0.1, 0.15) is 24.4 Å². The van der Waals surface area contributed by atoms with E-state index in [4.69, 9.17) is 33.9 Å². The Bertz CT molecular complexity index is 1590. The zero-order valence-electron chi connectivity index (χ0n) is 34.7. The van der Waals surface area contributed by atoms with Gasteiger partial charge in [-0.3, -0.25) is 9.97 Å². The lowest BCUT2D eigenvalue weighted by molar-refractivity contribution is -0.373. The highest BCUT2D eigenvalue weighted by Crippen LogP contribution is 2.33. The predicted octanol–water partition coefficient (Wildman–Crippen LogP) is -12.1. The van der Waals surface area contributed by atoms with Gasteiger partial charge in [-0.25, -0.2) is 0 Å². The average Bonchev–Trinajstić information content (AvgIpc) is 3.30. The number of nitrogens with one attached hydrogen (secondary N) is 1. The van der Waals surface area contributed by atoms with Crippen molar-refractivity contribution in [3.05, 3.63) is 35.4 Å². The van der Waals surface area contributed by atoms with Crippen LogP contribution in [-0.2, 0) is 30.1 Å². The summed E-state index contributed by atoms with van der Waals surface area (Å²) >= 11 is 0. The molecule has 21 N–H and O–H groups in total. The molecule has 4 heterocycles. The van der Waals surface area contributed by atoms with Gasteiger partial charge in [-0.05, 0) is 12.5 Å². The molecule has 1 aromatic rings. The summed E-state index contributed by atoms with van der Waals surface area (Å²) in [4.78, 5) is 7.73. The Morgan fingerprint density at radius 1 is 0.615 bits per heavy atom. The highest BCUT2D eigenvalue weighted by molar-refractivity contribution is 5.22. The lowest BCUT2D eigenvalue weighted by Gasteiger charge is -2.48. The summed E-state index contributed by atoms with van der Waals surface area (Å²) in [6, 6.07) is -2.17. The van der Waals surface area contributed by atoms with Crippen LogP contribution in [0.25, 0.3) is 0 Å². The van der Waals surface area contributed by atoms with Crippen LogP contribution in [0.4, 0.5) is 0 Å². The zero-order valence-corrected chi connectivity index (χ0v) is 34.7. The molecular formula is C37H63N3O25. The molecule has 1 aromatic heterocycles. The van der Waals surface area contributed by atoms with Gasteiger partial charge >= 0.3 is 0 Å². The second kappa shape index (κ2) is 24.9. The van der Waals surface area contributed by atoms with Gasteiger partial charge in [-0.2, -0.15) is 0 Å². The summed E-state index contributed by atoms with van der Waals surface area (Å²) in [7, 11) is 0. The van der Waals surface area contributed by atoms with Gasteiger partial charge in [-0.1, -0.05) is 6.08 Å². The molecule has 1 unspecified atom stereocenters. The lowest BCUT2D eigenvalue weighted by Crippen LogP contribution is -2.68. The highest BCUT2D eigenvalue weighted by Gasteiger charge is 2.53. The largest absolute Gasteiger partial charge is 0.394 e. The molecule has 0 radical (unpaired) electrons. The Morgan fingerprint density at radius 2 is 1.17 bits per heavy atom. The van der Waals surface area contributed by atoms with Crippen LogP contribution in [-0.4, -0.2) is 286 Å². The van der Waals surface area contributed by atoms with Gasteiger partial charge in [0.15, 0.2) is 18.9 Å². The number of rotatable bonds is 17. The molecule has 0 amide bonds. The minimum absolute atomic E-state index is 0.0176. The third-order valence-corrected chi connectivity index (χ3v) is 11.5. The summed E-state index contributed by atoms with van der Waals surface area (Å²) in [6.07, 6.45) is -31.4. The van der Waals surface area contributed by atoms with Crippen LogP contribution in [0, 0.1) is 0 Å². The molecule has 1 aliphatic carbocycles. The van der Waals surface area contributed by atoms with E-state index >= 15 is 0 Å². The number of ether oxygens (including phenoxy) is 5. The summed E-state index contributed by atoms with van der Waals surface area (Å²) in [6.45, 7) is -2.05. The van der Waals surface area contributed by atoms with Crippen molar-refractivity contribution in [1.82, 2.24) is 15.3 Å². The maximum atomic E-state index is 10.9. The topological polar surface area (TPSA) is 489 Å². The van der Waals surface area contributed by atoms with Gasteiger partial charge in [-0.15, -0.1) is 0 Å². The van der Waals surface area contributed by atoms with Crippen LogP contribution in [0.3, 0.4) is 0 Å². The first-order chi connectivity index (χ1) is 30.6. The van der Waals surface area contributed by atoms with Gasteiger partial charge in [0.2, 0.25) is 0 Å². The smallest absolute Gasteiger partial charge is 0.187 e. The number of aromatic nitrogens is 2. The Kier molecular flexibility index (Phi) is 21.2. The fraction of sp³-hybridized carbons (Fsp3) is 0.838. The Labute approximate surface area is 369 Å². The van der Waals surface area contributed by atoms with Crippen molar-refractivity contribution < 1.29 is 126 Å². The molecule has 28 heteroatoms. The molecule has 0 saturated carbocycles. The van der Waals surface area contributed by atoms with E-state index < -0.39 is 180 Å². The standard InChI is InChI=1S/C25H43NO18.C12H20N2O7/c1-6-11(26-8-2-7(3-27)12(30)15(33)13(8)31)14(32)19(37)24(40-6)43-22-10(5-29)42-25(20(38)17(22)35)44-21-9(4-28)41-23(39)18(36)16(21)34;15-4-9(18)8(17)1-6-2-14-7(3-13-6)11(20)12(21)10(19)5-16/h2,6,8-39H,3-5H2,1H3;2-3,8-12,15-21H,1,4-5H2/t6-,8+,9-,10-,11-,12-,13+,14+,15+,16-,17-,18-,19-,20-,21-,22-,23?,24-,25-;8-,9+,10+,11+,12+/m10/s1. The number of aliphatic hydroxyl groups is 20. The van der Waals surface area contributed by atoms with E-state index in [1.165, 1.54) is 19.2 Å². The van der Waals surface area contributed by atoms with Crippen LogP contribution in [0.2, 0.25) is 0 Å². The van der Waals surface area contributed by atoms with E-state index in [1.807, 2.05) is 0 Å². The second-order valence-corrected chi connectivity index (χ2v) is 16.0. The third-order valence-electron chi connectivity index (χ3n) is 11.5. The first-order valence-electron chi connectivity index (χ1n) is 20.5. The summed E-state index contributed by atoms with van der Waals surface area (Å²) in [5.41, 5.74) is 0.313. The van der Waals surface area contributed by atoms with Crippen LogP contribution >= 0.6 is 0 Å². The molecule has 24 atom stereocenters. The number of hydrogen-bond donors (Lipinski definition) is 21. The van der Waals surface area contributed by atoms with E-state index in [0.29, 0.717) is 5.69 Å². The van der Waals surface area contributed by atoms with Gasteiger partial charge in [0.1, 0.15) is 104 Å². The van der Waals surface area contributed by atoms with Crippen molar-refractivity contribution in [2.45, 2.75) is 160 Å². The molecule has 28 nitrogen and oxygen atoms in total. The van der Waals surface area contributed by atoms with Gasteiger partial charge in [0.25, 0.3) is 0 Å². The maximum Gasteiger partial charge on any atom is 0.187 e. The fourth-order valence-electron chi connectivity index (χ4n) is 7.40. The molecular weight excluding hydrogens is 886 g/mol. The van der Waals surface area contributed by atoms with Gasteiger partial charge in [0, 0.05) is 12.6 Å². The molecule has 0 bridgehead atoms. The molecule has 376 valence electrons. The fourth-order valence-corrected chi connectivity index (χ4v) is 7.40. The molecule has 3 fully saturated rings. The van der Waals surface area contributed by atoms with Gasteiger partial charge < -0.3 is 131 Å². The van der Waals surface area contributed by atoms with Gasteiger partial charge in [0.05, 0.1) is 74.9 Å². The molecule has 3 aliphatic heterocycles. The van der Waals surface area contributed by atoms with E-state index in [0.717, 1.165) is 6.20 Å². The van der Waals surface area contributed by atoms with Crippen LogP contribution < -0.4 is 5.32 Å². The monoisotopic (exact) mass is 949 g/mol.